The van der Waals surface area contributed by atoms with Crippen LogP contribution in [0.3, 0.4) is 0 Å². The van der Waals surface area contributed by atoms with Crippen molar-refractivity contribution in [3.05, 3.63) is 48.6 Å². The molecular weight excluding hydrogens is 160 g/mol. The Morgan fingerprint density at radius 1 is 1.31 bits per heavy atom. The summed E-state index contributed by atoms with van der Waals surface area (Å²) in [4.78, 5) is 0. The molecule has 0 bridgehead atoms. The minimum Gasteiger partial charge on any atom is -0.390 e. The molecule has 0 amide bonds. The lowest BCUT2D eigenvalue weighted by molar-refractivity contribution is 0.0652. The number of rotatable bonds is 3. The Morgan fingerprint density at radius 3 is 2.23 bits per heavy atom. The molecule has 0 aliphatic heterocycles. The third-order valence-corrected chi connectivity index (χ3v) is 2.16. The highest BCUT2D eigenvalue weighted by atomic mass is 16.3. The highest BCUT2D eigenvalue weighted by Gasteiger charge is 2.24. The molecule has 1 nitrogen and oxygen atoms in total. The summed E-state index contributed by atoms with van der Waals surface area (Å²) >= 11 is 0. The fraction of sp³-hybridized carbons (Fsp3) is 0.333. The normalized spacial score (nSPS) is 13.8. The molecule has 0 fully saturated rings. The van der Waals surface area contributed by atoms with E-state index in [0.717, 1.165) is 5.56 Å². The van der Waals surface area contributed by atoms with Crippen LogP contribution in [0.2, 0.25) is 0 Å². The Kier molecular flexibility index (Phi) is 2.89. The minimum atomic E-state index is -0.747. The molecule has 0 heterocycles. The molecule has 13 heavy (non-hydrogen) atoms. The first kappa shape index (κ1) is 10.0. The minimum absolute atomic E-state index is 0.00583. The van der Waals surface area contributed by atoms with E-state index in [1.54, 1.807) is 19.9 Å². The first-order valence-corrected chi connectivity index (χ1v) is 4.45. The van der Waals surface area contributed by atoms with Gasteiger partial charge < -0.3 is 5.11 Å². The van der Waals surface area contributed by atoms with Crippen molar-refractivity contribution in [2.75, 3.05) is 0 Å². The van der Waals surface area contributed by atoms with Crippen molar-refractivity contribution in [3.63, 3.8) is 0 Å². The molecule has 1 aromatic rings. The van der Waals surface area contributed by atoms with Gasteiger partial charge in [-0.15, -0.1) is 6.58 Å². The van der Waals surface area contributed by atoms with Gasteiger partial charge in [-0.1, -0.05) is 36.4 Å². The third kappa shape index (κ3) is 2.43. The molecule has 0 saturated carbocycles. The van der Waals surface area contributed by atoms with Crippen molar-refractivity contribution in [1.82, 2.24) is 0 Å². The van der Waals surface area contributed by atoms with Gasteiger partial charge in [-0.2, -0.15) is 0 Å². The molecule has 0 saturated heterocycles. The van der Waals surface area contributed by atoms with Crippen molar-refractivity contribution in [3.8, 4) is 0 Å². The second kappa shape index (κ2) is 3.75. The number of hydrogen-bond acceptors (Lipinski definition) is 1. The highest BCUT2D eigenvalue weighted by Crippen LogP contribution is 2.28. The van der Waals surface area contributed by atoms with E-state index in [-0.39, 0.29) is 5.92 Å². The average molecular weight is 176 g/mol. The quantitative estimate of drug-likeness (QED) is 0.702. The van der Waals surface area contributed by atoms with Crippen LogP contribution in [0.25, 0.3) is 0 Å². The largest absolute Gasteiger partial charge is 0.390 e. The summed E-state index contributed by atoms with van der Waals surface area (Å²) in [5.74, 6) is -0.00583. The molecule has 1 N–H and O–H groups in total. The molecule has 0 radical (unpaired) electrons. The average Bonchev–Trinajstić information content (AvgIpc) is 2.05. The summed E-state index contributed by atoms with van der Waals surface area (Å²) in [6.45, 7) is 7.34. The van der Waals surface area contributed by atoms with Crippen LogP contribution in [-0.4, -0.2) is 10.7 Å². The lowest BCUT2D eigenvalue weighted by Gasteiger charge is -2.26. The molecule has 1 rings (SSSR count). The molecule has 1 heteroatoms. The van der Waals surface area contributed by atoms with Gasteiger partial charge in [0.15, 0.2) is 0 Å². The van der Waals surface area contributed by atoms with Gasteiger partial charge in [0.1, 0.15) is 0 Å². The van der Waals surface area contributed by atoms with E-state index < -0.39 is 5.60 Å². The SMILES string of the molecule is C=CC(c1ccccc1)C(C)(C)O. The lowest BCUT2D eigenvalue weighted by atomic mass is 9.85. The third-order valence-electron chi connectivity index (χ3n) is 2.16. The van der Waals surface area contributed by atoms with E-state index >= 15 is 0 Å². The Labute approximate surface area is 79.7 Å². The van der Waals surface area contributed by atoms with Crippen molar-refractivity contribution in [2.24, 2.45) is 0 Å². The van der Waals surface area contributed by atoms with Gasteiger partial charge in [0.05, 0.1) is 5.60 Å². The van der Waals surface area contributed by atoms with Gasteiger partial charge in [-0.05, 0) is 19.4 Å². The monoisotopic (exact) mass is 176 g/mol. The summed E-state index contributed by atoms with van der Waals surface area (Å²) < 4.78 is 0. The molecule has 70 valence electrons. The van der Waals surface area contributed by atoms with Gasteiger partial charge in [0.2, 0.25) is 0 Å². The van der Waals surface area contributed by atoms with Crippen molar-refractivity contribution in [1.29, 1.82) is 0 Å². The molecular formula is C12H16O. The maximum absolute atomic E-state index is 9.86. The first-order chi connectivity index (χ1) is 6.05. The molecule has 0 aliphatic carbocycles. The molecule has 0 aliphatic rings. The predicted molar refractivity (Wildman–Crippen MR) is 55.7 cm³/mol. The summed E-state index contributed by atoms with van der Waals surface area (Å²) in [5, 5.41) is 9.86. The van der Waals surface area contributed by atoms with E-state index in [1.807, 2.05) is 30.3 Å². The number of hydrogen-bond donors (Lipinski definition) is 1. The second-order valence-corrected chi connectivity index (χ2v) is 3.78. The zero-order valence-corrected chi connectivity index (χ0v) is 8.20. The van der Waals surface area contributed by atoms with Crippen LogP contribution in [0.15, 0.2) is 43.0 Å². The van der Waals surface area contributed by atoms with Gasteiger partial charge in [0.25, 0.3) is 0 Å². The van der Waals surface area contributed by atoms with Gasteiger partial charge >= 0.3 is 0 Å². The first-order valence-electron chi connectivity index (χ1n) is 4.45. The van der Waals surface area contributed by atoms with Gasteiger partial charge in [-0.25, -0.2) is 0 Å². The number of aliphatic hydroxyl groups is 1. The maximum atomic E-state index is 9.86. The van der Waals surface area contributed by atoms with Crippen LogP contribution in [0, 0.1) is 0 Å². The van der Waals surface area contributed by atoms with E-state index in [9.17, 15) is 5.11 Å². The summed E-state index contributed by atoms with van der Waals surface area (Å²) in [5.41, 5.74) is 0.355. The molecule has 1 unspecified atom stereocenters. The van der Waals surface area contributed by atoms with E-state index in [0.29, 0.717) is 0 Å². The Hall–Kier alpha value is -1.08. The van der Waals surface area contributed by atoms with Crippen LogP contribution < -0.4 is 0 Å². The molecule has 1 aromatic carbocycles. The summed E-state index contributed by atoms with van der Waals surface area (Å²) in [7, 11) is 0. The second-order valence-electron chi connectivity index (χ2n) is 3.78. The van der Waals surface area contributed by atoms with Gasteiger partial charge in [-0.3, -0.25) is 0 Å². The smallest absolute Gasteiger partial charge is 0.0694 e. The van der Waals surface area contributed by atoms with Crippen molar-refractivity contribution < 1.29 is 5.11 Å². The highest BCUT2D eigenvalue weighted by molar-refractivity contribution is 5.26. The van der Waals surface area contributed by atoms with Crippen LogP contribution in [0.1, 0.15) is 25.3 Å². The Bertz CT molecular complexity index is 269. The van der Waals surface area contributed by atoms with Crippen LogP contribution in [0.4, 0.5) is 0 Å². The lowest BCUT2D eigenvalue weighted by Crippen LogP contribution is -2.27. The fourth-order valence-electron chi connectivity index (χ4n) is 1.49. The topological polar surface area (TPSA) is 20.2 Å². The van der Waals surface area contributed by atoms with Crippen LogP contribution >= 0.6 is 0 Å². The standard InChI is InChI=1S/C12H16O/c1-4-11(12(2,3)13)10-8-6-5-7-9-10/h4-9,11,13H,1H2,2-3H3. The van der Waals surface area contributed by atoms with Crippen LogP contribution in [-0.2, 0) is 0 Å². The van der Waals surface area contributed by atoms with E-state index in [4.69, 9.17) is 0 Å². The summed E-state index contributed by atoms with van der Waals surface area (Å²) in [6, 6.07) is 9.91. The van der Waals surface area contributed by atoms with E-state index in [2.05, 4.69) is 6.58 Å². The number of benzene rings is 1. The fourth-order valence-corrected chi connectivity index (χ4v) is 1.49. The van der Waals surface area contributed by atoms with Crippen molar-refractivity contribution in [2.45, 2.75) is 25.4 Å². The molecule has 0 spiro atoms. The Morgan fingerprint density at radius 2 is 1.85 bits per heavy atom. The molecule has 0 aromatic heterocycles. The van der Waals surface area contributed by atoms with E-state index in [1.165, 1.54) is 0 Å². The Balaban J connectivity index is 2.99. The van der Waals surface area contributed by atoms with Gasteiger partial charge in [0, 0.05) is 5.92 Å². The van der Waals surface area contributed by atoms with Crippen molar-refractivity contribution >= 4 is 0 Å². The maximum Gasteiger partial charge on any atom is 0.0694 e. The summed E-state index contributed by atoms with van der Waals surface area (Å²) in [6.07, 6.45) is 1.79. The predicted octanol–water partition coefficient (Wildman–Crippen LogP) is 2.73. The van der Waals surface area contributed by atoms with Crippen LogP contribution in [0.5, 0.6) is 0 Å². The zero-order valence-electron chi connectivity index (χ0n) is 8.20. The zero-order chi connectivity index (χ0) is 9.90. The molecule has 1 atom stereocenters.